The number of benzene rings is 3. The van der Waals surface area contributed by atoms with Crippen LogP contribution in [0.15, 0.2) is 101 Å². The molecule has 0 bridgehead atoms. The Hall–Kier alpha value is -3.38. The summed E-state index contributed by atoms with van der Waals surface area (Å²) in [5.41, 5.74) is 1.25. The van der Waals surface area contributed by atoms with Crippen molar-refractivity contribution in [2.24, 2.45) is 0 Å². The topological polar surface area (TPSA) is 64.2 Å². The molecule has 0 amide bonds. The molecule has 4 aromatic rings. The third-order valence-electron chi connectivity index (χ3n) is 4.67. The fourth-order valence-corrected chi connectivity index (χ4v) is 4.34. The van der Waals surface area contributed by atoms with Crippen molar-refractivity contribution >= 4 is 10.8 Å². The summed E-state index contributed by atoms with van der Waals surface area (Å²) in [6.07, 6.45) is 0.207. The molecule has 0 aliphatic carbocycles. The highest BCUT2D eigenvalue weighted by Gasteiger charge is 2.22. The van der Waals surface area contributed by atoms with E-state index in [1.807, 2.05) is 78.9 Å². The summed E-state index contributed by atoms with van der Waals surface area (Å²) in [6.45, 7) is 0. The van der Waals surface area contributed by atoms with Gasteiger partial charge in [0, 0.05) is 10.6 Å². The average Bonchev–Trinajstić information content (AvgIpc) is 3.03. The van der Waals surface area contributed by atoms with Gasteiger partial charge in [-0.15, -0.1) is 0 Å². The molecule has 0 saturated heterocycles. The van der Waals surface area contributed by atoms with Gasteiger partial charge in [-0.1, -0.05) is 54.6 Å². The number of aromatic nitrogens is 2. The minimum Gasteiger partial charge on any atom is -0.493 e. The van der Waals surface area contributed by atoms with Crippen molar-refractivity contribution in [2.75, 3.05) is 5.75 Å². The van der Waals surface area contributed by atoms with E-state index in [2.05, 4.69) is 0 Å². The molecule has 5 nitrogen and oxygen atoms in total. The normalized spacial score (nSPS) is 12.0. The van der Waals surface area contributed by atoms with Crippen molar-refractivity contribution < 1.29 is 9.32 Å². The van der Waals surface area contributed by atoms with Crippen molar-refractivity contribution in [2.45, 2.75) is 11.3 Å². The van der Waals surface area contributed by atoms with Crippen LogP contribution < -0.4 is 5.56 Å². The predicted octanol–water partition coefficient (Wildman–Crippen LogP) is 3.68. The zero-order valence-electron chi connectivity index (χ0n) is 15.6. The van der Waals surface area contributed by atoms with Gasteiger partial charge in [-0.2, -0.15) is 0 Å². The van der Waals surface area contributed by atoms with Crippen LogP contribution in [0.5, 0.6) is 5.88 Å². The maximum Gasteiger partial charge on any atom is 0.278 e. The summed E-state index contributed by atoms with van der Waals surface area (Å²) < 4.78 is 15.5. The second-order valence-electron chi connectivity index (χ2n) is 6.51. The number of rotatable bonds is 6. The van der Waals surface area contributed by atoms with E-state index in [-0.39, 0.29) is 29.2 Å². The van der Waals surface area contributed by atoms with Crippen molar-refractivity contribution in [3.8, 4) is 17.3 Å². The van der Waals surface area contributed by atoms with Gasteiger partial charge in [-0.25, -0.2) is 9.36 Å². The second-order valence-corrected chi connectivity index (χ2v) is 8.09. The zero-order chi connectivity index (χ0) is 20.2. The smallest absolute Gasteiger partial charge is 0.278 e. The van der Waals surface area contributed by atoms with Gasteiger partial charge in [0.2, 0.25) is 5.88 Å². The number of nitrogens with zero attached hydrogens (tertiary/aromatic N) is 2. The largest absolute Gasteiger partial charge is 0.493 e. The van der Waals surface area contributed by atoms with E-state index in [1.54, 1.807) is 12.1 Å². The first kappa shape index (κ1) is 19.0. The lowest BCUT2D eigenvalue weighted by atomic mass is 10.2. The van der Waals surface area contributed by atoms with Gasteiger partial charge >= 0.3 is 0 Å². The van der Waals surface area contributed by atoms with Gasteiger partial charge in [0.15, 0.2) is 0 Å². The van der Waals surface area contributed by atoms with E-state index in [4.69, 9.17) is 0 Å². The minimum absolute atomic E-state index is 0.130. The van der Waals surface area contributed by atoms with E-state index in [0.717, 1.165) is 0 Å². The highest BCUT2D eigenvalue weighted by molar-refractivity contribution is 7.85. The minimum atomic E-state index is -1.26. The van der Waals surface area contributed by atoms with Gasteiger partial charge in [0.1, 0.15) is 0 Å². The van der Waals surface area contributed by atoms with Gasteiger partial charge < -0.3 is 5.11 Å². The highest BCUT2D eigenvalue weighted by atomic mass is 32.2. The fourth-order valence-electron chi connectivity index (χ4n) is 3.25. The van der Waals surface area contributed by atoms with Crippen LogP contribution in [0.4, 0.5) is 0 Å². The molecule has 0 aliphatic heterocycles. The van der Waals surface area contributed by atoms with Gasteiger partial charge in [-0.05, 0) is 42.8 Å². The molecule has 1 aromatic heterocycles. The highest BCUT2D eigenvalue weighted by Crippen LogP contribution is 2.24. The Morgan fingerprint density at radius 1 is 0.724 bits per heavy atom. The van der Waals surface area contributed by atoms with Crippen LogP contribution >= 0.6 is 0 Å². The Balaban J connectivity index is 1.77. The Bertz CT molecular complexity index is 1180. The standard InChI is InChI=1S/C23H20N2O3S/c26-22-21(16-17-29(28)20-14-8-3-9-15-20)23(27)25(19-12-6-2-7-13-19)24(22)18-10-4-1-5-11-18/h1-15,26H,16-17H2/t29-/m1/s1. The summed E-state index contributed by atoms with van der Waals surface area (Å²) in [5.74, 6) is 0.121. The van der Waals surface area contributed by atoms with Crippen LogP contribution in [-0.2, 0) is 17.2 Å². The third-order valence-corrected chi connectivity index (χ3v) is 6.04. The molecule has 0 unspecified atom stereocenters. The van der Waals surface area contributed by atoms with Crippen LogP contribution in [0.25, 0.3) is 11.4 Å². The van der Waals surface area contributed by atoms with Crippen LogP contribution in [0.2, 0.25) is 0 Å². The molecule has 3 aromatic carbocycles. The molecule has 4 rings (SSSR count). The SMILES string of the molecule is O=c1c(CC[S@@](=O)c2ccccc2)c(O)n(-c2ccccc2)n1-c1ccccc1. The molecule has 6 heteroatoms. The van der Waals surface area contributed by atoms with Crippen molar-refractivity contribution in [3.63, 3.8) is 0 Å². The van der Waals surface area contributed by atoms with E-state index < -0.39 is 10.8 Å². The van der Waals surface area contributed by atoms with Crippen LogP contribution in [0.1, 0.15) is 5.56 Å². The summed E-state index contributed by atoms with van der Waals surface area (Å²) in [4.78, 5) is 13.9. The summed E-state index contributed by atoms with van der Waals surface area (Å²) in [6, 6.07) is 27.5. The van der Waals surface area contributed by atoms with Gasteiger partial charge in [-0.3, -0.25) is 9.00 Å². The Morgan fingerprint density at radius 3 is 1.76 bits per heavy atom. The Kier molecular flexibility index (Phi) is 5.44. The van der Waals surface area contributed by atoms with E-state index in [0.29, 0.717) is 16.3 Å². The molecule has 0 saturated carbocycles. The maximum atomic E-state index is 13.2. The van der Waals surface area contributed by atoms with Crippen LogP contribution in [0.3, 0.4) is 0 Å². The van der Waals surface area contributed by atoms with Gasteiger partial charge in [0.25, 0.3) is 5.56 Å². The average molecular weight is 404 g/mol. The quantitative estimate of drug-likeness (QED) is 0.533. The fraction of sp³-hybridized carbons (Fsp3) is 0.0870. The third kappa shape index (κ3) is 3.79. The molecule has 1 heterocycles. The number of hydrogen-bond donors (Lipinski definition) is 1. The Labute approximate surface area is 170 Å². The number of aromatic hydroxyl groups is 1. The lowest BCUT2D eigenvalue weighted by Crippen LogP contribution is -2.22. The molecule has 0 aliphatic rings. The first-order chi connectivity index (χ1) is 14.2. The maximum absolute atomic E-state index is 13.2. The van der Waals surface area contributed by atoms with E-state index in [9.17, 15) is 14.1 Å². The van der Waals surface area contributed by atoms with Crippen molar-refractivity contribution in [1.29, 1.82) is 0 Å². The number of para-hydroxylation sites is 2. The molecule has 0 radical (unpaired) electrons. The second kappa shape index (κ2) is 8.32. The van der Waals surface area contributed by atoms with Crippen molar-refractivity contribution in [1.82, 2.24) is 9.36 Å². The first-order valence-electron chi connectivity index (χ1n) is 9.27. The molecule has 146 valence electrons. The van der Waals surface area contributed by atoms with Crippen molar-refractivity contribution in [3.05, 3.63) is 107 Å². The van der Waals surface area contributed by atoms with E-state index in [1.165, 1.54) is 9.36 Å². The molecule has 0 fully saturated rings. The lowest BCUT2D eigenvalue weighted by molar-refractivity contribution is 0.421. The predicted molar refractivity (Wildman–Crippen MR) is 114 cm³/mol. The lowest BCUT2D eigenvalue weighted by Gasteiger charge is -2.12. The zero-order valence-corrected chi connectivity index (χ0v) is 16.5. The molecule has 0 spiro atoms. The Morgan fingerprint density at radius 2 is 1.21 bits per heavy atom. The molecular formula is C23H20N2O3S. The van der Waals surface area contributed by atoms with E-state index >= 15 is 0 Å². The first-order valence-corrected chi connectivity index (χ1v) is 10.6. The summed E-state index contributed by atoms with van der Waals surface area (Å²) in [7, 11) is -1.26. The molecule has 29 heavy (non-hydrogen) atoms. The van der Waals surface area contributed by atoms with Gasteiger partial charge in [0.05, 0.1) is 27.7 Å². The molecular weight excluding hydrogens is 384 g/mol. The van der Waals surface area contributed by atoms with Crippen LogP contribution in [0, 0.1) is 0 Å². The monoisotopic (exact) mass is 404 g/mol. The summed E-state index contributed by atoms with van der Waals surface area (Å²) in [5, 5.41) is 10.9. The summed E-state index contributed by atoms with van der Waals surface area (Å²) >= 11 is 0. The number of hydrogen-bond acceptors (Lipinski definition) is 3. The van der Waals surface area contributed by atoms with Crippen LogP contribution in [-0.4, -0.2) is 24.4 Å². The molecule has 1 N–H and O–H groups in total. The molecule has 1 atom stereocenters.